The molecule has 0 spiro atoms. The van der Waals surface area contributed by atoms with E-state index in [2.05, 4.69) is 4.72 Å². The Labute approximate surface area is 103 Å². The first-order chi connectivity index (χ1) is 7.95. The van der Waals surface area contributed by atoms with E-state index in [1.165, 1.54) is 4.31 Å². The molecule has 1 aromatic carbocycles. The third kappa shape index (κ3) is 4.33. The normalized spacial score (nSPS) is 11.9. The Morgan fingerprint density at radius 1 is 1.29 bits per heavy atom. The highest BCUT2D eigenvalue weighted by molar-refractivity contribution is 7.87. The van der Waals surface area contributed by atoms with Crippen LogP contribution in [0, 0.1) is 0 Å². The monoisotopic (exact) mass is 257 g/mol. The number of hydrogen-bond donors (Lipinski definition) is 2. The molecule has 0 aromatic heterocycles. The second-order valence-corrected chi connectivity index (χ2v) is 5.67. The number of rotatable bonds is 6. The molecule has 5 nitrogen and oxygen atoms in total. The first-order valence-electron chi connectivity index (χ1n) is 5.51. The molecular formula is C11H19N3O2S. The molecule has 0 radical (unpaired) electrons. The summed E-state index contributed by atoms with van der Waals surface area (Å²) in [6.45, 7) is 2.63. The van der Waals surface area contributed by atoms with Crippen molar-refractivity contribution in [2.75, 3.05) is 25.9 Å². The summed E-state index contributed by atoms with van der Waals surface area (Å²) in [4.78, 5) is 0. The zero-order valence-electron chi connectivity index (χ0n) is 10.2. The number of nitrogens with one attached hydrogen (secondary N) is 1. The zero-order valence-corrected chi connectivity index (χ0v) is 11.0. The molecule has 3 N–H and O–H groups in total. The van der Waals surface area contributed by atoms with E-state index >= 15 is 0 Å². The van der Waals surface area contributed by atoms with Gasteiger partial charge >= 0.3 is 0 Å². The second-order valence-electron chi connectivity index (χ2n) is 3.81. The van der Waals surface area contributed by atoms with Gasteiger partial charge in [-0.05, 0) is 24.1 Å². The molecule has 0 bridgehead atoms. The van der Waals surface area contributed by atoms with Gasteiger partial charge in [0.15, 0.2) is 0 Å². The van der Waals surface area contributed by atoms with Gasteiger partial charge in [0.05, 0.1) is 0 Å². The Balaban J connectivity index is 2.45. The largest absolute Gasteiger partial charge is 0.399 e. The molecule has 96 valence electrons. The van der Waals surface area contributed by atoms with Crippen LogP contribution in [0.4, 0.5) is 5.69 Å². The number of nitrogens with two attached hydrogens (primary N) is 1. The molecule has 0 heterocycles. The number of anilines is 1. The molecule has 1 aromatic rings. The van der Waals surface area contributed by atoms with Crippen LogP contribution < -0.4 is 10.5 Å². The van der Waals surface area contributed by atoms with Crippen LogP contribution in [0.1, 0.15) is 12.5 Å². The number of nitrogens with zero attached hydrogens (tertiary/aromatic N) is 1. The van der Waals surface area contributed by atoms with Crippen LogP contribution in [-0.2, 0) is 16.6 Å². The van der Waals surface area contributed by atoms with E-state index in [0.717, 1.165) is 5.56 Å². The number of nitrogen functional groups attached to an aromatic ring is 1. The van der Waals surface area contributed by atoms with Gasteiger partial charge in [0.1, 0.15) is 0 Å². The molecule has 0 aliphatic rings. The summed E-state index contributed by atoms with van der Waals surface area (Å²) < 4.78 is 27.0. The Morgan fingerprint density at radius 3 is 2.41 bits per heavy atom. The third-order valence-electron chi connectivity index (χ3n) is 2.53. The summed E-state index contributed by atoms with van der Waals surface area (Å²) in [5.74, 6) is 0. The Bertz CT molecular complexity index is 442. The van der Waals surface area contributed by atoms with Crippen molar-refractivity contribution in [2.24, 2.45) is 0 Å². The summed E-state index contributed by atoms with van der Waals surface area (Å²) in [5, 5.41) is 0. The molecule has 1 rings (SSSR count). The van der Waals surface area contributed by atoms with Crippen LogP contribution >= 0.6 is 0 Å². The first kappa shape index (κ1) is 14.0. The fourth-order valence-electron chi connectivity index (χ4n) is 1.29. The highest BCUT2D eigenvalue weighted by Gasteiger charge is 2.14. The van der Waals surface area contributed by atoms with Crippen LogP contribution in [0.15, 0.2) is 24.3 Å². The van der Waals surface area contributed by atoms with Crippen molar-refractivity contribution in [2.45, 2.75) is 13.3 Å². The van der Waals surface area contributed by atoms with Crippen molar-refractivity contribution in [1.29, 1.82) is 0 Å². The van der Waals surface area contributed by atoms with Gasteiger partial charge in [0.2, 0.25) is 0 Å². The third-order valence-corrected chi connectivity index (χ3v) is 4.18. The van der Waals surface area contributed by atoms with Gasteiger partial charge in [-0.15, -0.1) is 0 Å². The van der Waals surface area contributed by atoms with Crippen molar-refractivity contribution < 1.29 is 8.42 Å². The molecule has 17 heavy (non-hydrogen) atoms. The predicted octanol–water partition coefficient (Wildman–Crippen LogP) is 0.597. The maximum atomic E-state index is 11.6. The molecule has 0 aliphatic carbocycles. The molecule has 0 aliphatic heterocycles. The molecule has 0 unspecified atom stereocenters. The first-order valence-corrected chi connectivity index (χ1v) is 6.95. The summed E-state index contributed by atoms with van der Waals surface area (Å²) in [7, 11) is -1.78. The fraction of sp³-hybridized carbons (Fsp3) is 0.455. The van der Waals surface area contributed by atoms with Crippen molar-refractivity contribution >= 4 is 15.9 Å². The van der Waals surface area contributed by atoms with Gasteiger partial charge < -0.3 is 5.73 Å². The minimum absolute atomic E-state index is 0.386. The van der Waals surface area contributed by atoms with Gasteiger partial charge in [-0.25, -0.2) is 4.72 Å². The molecule has 0 amide bonds. The van der Waals surface area contributed by atoms with E-state index in [0.29, 0.717) is 25.2 Å². The van der Waals surface area contributed by atoms with E-state index < -0.39 is 10.2 Å². The number of benzene rings is 1. The maximum Gasteiger partial charge on any atom is 0.279 e. The standard InChI is InChI=1S/C11H19N3O2S/c1-3-14(2)17(15,16)13-9-8-10-4-6-11(12)7-5-10/h4-7,13H,3,8-9,12H2,1-2H3. The predicted molar refractivity (Wildman–Crippen MR) is 69.8 cm³/mol. The molecule has 0 saturated carbocycles. The van der Waals surface area contributed by atoms with Crippen LogP contribution in [0.2, 0.25) is 0 Å². The lowest BCUT2D eigenvalue weighted by atomic mass is 10.1. The highest BCUT2D eigenvalue weighted by atomic mass is 32.2. The average molecular weight is 257 g/mol. The van der Waals surface area contributed by atoms with E-state index in [-0.39, 0.29) is 0 Å². The zero-order chi connectivity index (χ0) is 12.9. The molecule has 0 fully saturated rings. The van der Waals surface area contributed by atoms with Gasteiger partial charge in [-0.1, -0.05) is 19.1 Å². The average Bonchev–Trinajstić information content (AvgIpc) is 2.30. The van der Waals surface area contributed by atoms with Gasteiger partial charge in [-0.3, -0.25) is 0 Å². The fourth-order valence-corrected chi connectivity index (χ4v) is 2.21. The highest BCUT2D eigenvalue weighted by Crippen LogP contribution is 2.05. The summed E-state index contributed by atoms with van der Waals surface area (Å²) in [6.07, 6.45) is 0.650. The lowest BCUT2D eigenvalue weighted by Gasteiger charge is -2.15. The van der Waals surface area contributed by atoms with Crippen molar-refractivity contribution in [3.05, 3.63) is 29.8 Å². The van der Waals surface area contributed by atoms with Gasteiger partial charge in [0.25, 0.3) is 10.2 Å². The van der Waals surface area contributed by atoms with Gasteiger partial charge in [-0.2, -0.15) is 12.7 Å². The minimum atomic E-state index is -3.33. The summed E-state index contributed by atoms with van der Waals surface area (Å²) >= 11 is 0. The Hall–Kier alpha value is -1.11. The summed E-state index contributed by atoms with van der Waals surface area (Å²) in [6, 6.07) is 7.41. The topological polar surface area (TPSA) is 75.4 Å². The lowest BCUT2D eigenvalue weighted by Crippen LogP contribution is -2.38. The Kier molecular flexibility index (Phi) is 4.92. The smallest absolute Gasteiger partial charge is 0.279 e. The SMILES string of the molecule is CCN(C)S(=O)(=O)NCCc1ccc(N)cc1. The molecular weight excluding hydrogens is 238 g/mol. The van der Waals surface area contributed by atoms with Crippen molar-refractivity contribution in [3.8, 4) is 0 Å². The van der Waals surface area contributed by atoms with Gasteiger partial charge in [0, 0.05) is 25.8 Å². The summed E-state index contributed by atoms with van der Waals surface area (Å²) in [5.41, 5.74) is 7.33. The molecule has 6 heteroatoms. The van der Waals surface area contributed by atoms with E-state index in [4.69, 9.17) is 5.73 Å². The minimum Gasteiger partial charge on any atom is -0.399 e. The van der Waals surface area contributed by atoms with Crippen LogP contribution in [0.3, 0.4) is 0 Å². The Morgan fingerprint density at radius 2 is 1.88 bits per heavy atom. The quantitative estimate of drug-likeness (QED) is 0.733. The lowest BCUT2D eigenvalue weighted by molar-refractivity contribution is 0.474. The van der Waals surface area contributed by atoms with Crippen LogP contribution in [0.5, 0.6) is 0 Å². The molecule has 0 atom stereocenters. The molecule has 0 saturated heterocycles. The van der Waals surface area contributed by atoms with Crippen LogP contribution in [0.25, 0.3) is 0 Å². The van der Waals surface area contributed by atoms with Crippen molar-refractivity contribution in [3.63, 3.8) is 0 Å². The van der Waals surface area contributed by atoms with E-state index in [9.17, 15) is 8.42 Å². The number of hydrogen-bond acceptors (Lipinski definition) is 3. The second kappa shape index (κ2) is 6.00. The van der Waals surface area contributed by atoms with Crippen molar-refractivity contribution in [1.82, 2.24) is 9.03 Å². The van der Waals surface area contributed by atoms with E-state index in [1.54, 1.807) is 14.0 Å². The van der Waals surface area contributed by atoms with Crippen LogP contribution in [-0.4, -0.2) is 32.9 Å². The maximum absolute atomic E-state index is 11.6. The van der Waals surface area contributed by atoms with E-state index in [1.807, 2.05) is 24.3 Å².